The monoisotopic (exact) mass is 295 g/mol. The molecule has 0 saturated heterocycles. The van der Waals surface area contributed by atoms with Crippen LogP contribution in [0.4, 0.5) is 0 Å². The van der Waals surface area contributed by atoms with E-state index in [0.29, 0.717) is 5.41 Å². The van der Waals surface area contributed by atoms with Crippen LogP contribution >= 0.6 is 0 Å². The highest BCUT2D eigenvalue weighted by molar-refractivity contribution is 4.97. The minimum atomic E-state index is 0.707. The lowest BCUT2D eigenvalue weighted by Gasteiger charge is -2.08. The lowest BCUT2D eigenvalue weighted by molar-refractivity contribution is 0.455. The summed E-state index contributed by atoms with van der Waals surface area (Å²) < 4.78 is 0. The van der Waals surface area contributed by atoms with Crippen LogP contribution in [0.25, 0.3) is 0 Å². The van der Waals surface area contributed by atoms with Crippen LogP contribution in [-0.2, 0) is 0 Å². The Kier molecular flexibility index (Phi) is 10.4. The van der Waals surface area contributed by atoms with E-state index in [1.165, 1.54) is 96.6 Å². The molecular formula is C20H41N. The van der Waals surface area contributed by atoms with Crippen LogP contribution < -0.4 is 5.32 Å². The Morgan fingerprint density at radius 3 is 1.90 bits per heavy atom. The van der Waals surface area contributed by atoms with Crippen molar-refractivity contribution < 1.29 is 0 Å². The maximum absolute atomic E-state index is 3.64. The fourth-order valence-electron chi connectivity index (χ4n) is 3.53. The summed E-state index contributed by atoms with van der Waals surface area (Å²) in [6.07, 6.45) is 18.6. The second-order valence-corrected chi connectivity index (χ2v) is 7.63. The first-order chi connectivity index (χ1) is 10.2. The van der Waals surface area contributed by atoms with Crippen LogP contribution in [0, 0.1) is 11.3 Å². The van der Waals surface area contributed by atoms with E-state index in [-0.39, 0.29) is 0 Å². The van der Waals surface area contributed by atoms with Crippen molar-refractivity contribution in [3.8, 4) is 0 Å². The van der Waals surface area contributed by atoms with Crippen LogP contribution in [0.5, 0.6) is 0 Å². The normalized spacial score (nSPS) is 24.4. The molecule has 0 aromatic rings. The molecule has 1 aliphatic rings. The molecule has 0 aliphatic heterocycles. The molecule has 1 rings (SSSR count). The molecule has 1 aliphatic carbocycles. The maximum Gasteiger partial charge on any atom is -0.00461 e. The van der Waals surface area contributed by atoms with E-state index < -0.39 is 0 Å². The van der Waals surface area contributed by atoms with E-state index in [2.05, 4.69) is 26.1 Å². The van der Waals surface area contributed by atoms with E-state index >= 15 is 0 Å². The molecule has 1 fully saturated rings. The highest BCUT2D eigenvalue weighted by Crippen LogP contribution is 2.56. The average molecular weight is 296 g/mol. The average Bonchev–Trinajstić information content (AvgIpc) is 3.15. The predicted octanol–water partition coefficient (Wildman–Crippen LogP) is 6.32. The number of hydrogen-bond donors (Lipinski definition) is 1. The van der Waals surface area contributed by atoms with Crippen molar-refractivity contribution in [1.29, 1.82) is 0 Å². The van der Waals surface area contributed by atoms with Gasteiger partial charge in [0.05, 0.1) is 0 Å². The van der Waals surface area contributed by atoms with Gasteiger partial charge < -0.3 is 5.32 Å². The fourth-order valence-corrected chi connectivity index (χ4v) is 3.53. The fraction of sp³-hybridized carbons (Fsp3) is 1.00. The van der Waals surface area contributed by atoms with Crippen LogP contribution in [0.1, 0.15) is 104 Å². The van der Waals surface area contributed by atoms with E-state index in [4.69, 9.17) is 0 Å². The van der Waals surface area contributed by atoms with Crippen LogP contribution in [0.3, 0.4) is 0 Å². The Hall–Kier alpha value is -0.0400. The van der Waals surface area contributed by atoms with Gasteiger partial charge >= 0.3 is 0 Å². The van der Waals surface area contributed by atoms with Gasteiger partial charge in [-0.05, 0) is 43.7 Å². The second-order valence-electron chi connectivity index (χ2n) is 7.63. The number of nitrogens with one attached hydrogen (secondary N) is 1. The summed E-state index contributed by atoms with van der Waals surface area (Å²) in [4.78, 5) is 0. The topological polar surface area (TPSA) is 12.0 Å². The molecule has 0 aromatic heterocycles. The summed E-state index contributed by atoms with van der Waals surface area (Å²) in [5.41, 5.74) is 0.707. The zero-order valence-electron chi connectivity index (χ0n) is 15.2. The molecule has 0 aromatic carbocycles. The highest BCUT2D eigenvalue weighted by atomic mass is 14.8. The lowest BCUT2D eigenvalue weighted by Crippen LogP contribution is -2.17. The van der Waals surface area contributed by atoms with Crippen molar-refractivity contribution in [3.05, 3.63) is 0 Å². The van der Waals surface area contributed by atoms with E-state index in [1.807, 2.05) is 0 Å². The quantitative estimate of drug-likeness (QED) is 0.348. The van der Waals surface area contributed by atoms with Crippen molar-refractivity contribution in [2.75, 3.05) is 13.1 Å². The Morgan fingerprint density at radius 2 is 1.38 bits per heavy atom. The lowest BCUT2D eigenvalue weighted by atomic mass is 10.0. The van der Waals surface area contributed by atoms with Crippen LogP contribution in [-0.4, -0.2) is 13.1 Å². The largest absolute Gasteiger partial charge is 0.317 e. The zero-order chi connectivity index (χ0) is 15.4. The van der Waals surface area contributed by atoms with Crippen molar-refractivity contribution in [2.45, 2.75) is 104 Å². The first-order valence-electron chi connectivity index (χ1n) is 9.93. The summed E-state index contributed by atoms with van der Waals surface area (Å²) in [7, 11) is 0. The summed E-state index contributed by atoms with van der Waals surface area (Å²) in [5.74, 6) is 1.02. The van der Waals surface area contributed by atoms with Gasteiger partial charge in [0.2, 0.25) is 0 Å². The molecule has 126 valence electrons. The highest BCUT2D eigenvalue weighted by Gasteiger charge is 2.47. The molecule has 0 spiro atoms. The minimum absolute atomic E-state index is 0.707. The molecule has 0 heterocycles. The van der Waals surface area contributed by atoms with Crippen molar-refractivity contribution in [2.24, 2.45) is 11.3 Å². The Balaban J connectivity index is 1.70. The molecule has 2 atom stereocenters. The molecule has 21 heavy (non-hydrogen) atoms. The first kappa shape index (κ1) is 19.0. The van der Waals surface area contributed by atoms with Gasteiger partial charge in [0.1, 0.15) is 0 Å². The van der Waals surface area contributed by atoms with Crippen molar-refractivity contribution >= 4 is 0 Å². The third kappa shape index (κ3) is 8.86. The number of rotatable bonds is 15. The Labute approximate surface area is 134 Å². The summed E-state index contributed by atoms with van der Waals surface area (Å²) in [6.45, 7) is 9.59. The van der Waals surface area contributed by atoms with Gasteiger partial charge in [-0.15, -0.1) is 0 Å². The van der Waals surface area contributed by atoms with Crippen LogP contribution in [0.2, 0.25) is 0 Å². The van der Waals surface area contributed by atoms with Gasteiger partial charge in [-0.25, -0.2) is 0 Å². The third-order valence-corrected chi connectivity index (χ3v) is 5.72. The molecule has 0 bridgehead atoms. The molecule has 0 amide bonds. The molecule has 1 nitrogen and oxygen atoms in total. The Morgan fingerprint density at radius 1 is 0.810 bits per heavy atom. The third-order valence-electron chi connectivity index (χ3n) is 5.72. The number of unbranched alkanes of at least 4 members (excludes halogenated alkanes) is 9. The molecular weight excluding hydrogens is 254 g/mol. The Bertz CT molecular complexity index is 238. The second kappa shape index (κ2) is 11.5. The van der Waals surface area contributed by atoms with Crippen molar-refractivity contribution in [1.82, 2.24) is 5.32 Å². The van der Waals surface area contributed by atoms with E-state index in [0.717, 1.165) is 5.92 Å². The molecule has 2 unspecified atom stereocenters. The van der Waals surface area contributed by atoms with Crippen molar-refractivity contribution in [3.63, 3.8) is 0 Å². The maximum atomic E-state index is 3.64. The van der Waals surface area contributed by atoms with Gasteiger partial charge in [0, 0.05) is 0 Å². The standard InChI is InChI=1S/C20H41N/c1-4-6-7-8-9-10-11-12-13-14-16-21-17-15-19-18-20(19,3)5-2/h19,21H,4-18H2,1-3H3. The first-order valence-corrected chi connectivity index (χ1v) is 9.93. The SMILES string of the molecule is CCCCCCCCCCCCNCCC1CC1(C)CC. The predicted molar refractivity (Wildman–Crippen MR) is 95.8 cm³/mol. The molecule has 1 saturated carbocycles. The van der Waals surface area contributed by atoms with E-state index in [1.54, 1.807) is 0 Å². The van der Waals surface area contributed by atoms with Gasteiger partial charge in [-0.3, -0.25) is 0 Å². The zero-order valence-corrected chi connectivity index (χ0v) is 15.2. The summed E-state index contributed by atoms with van der Waals surface area (Å²) >= 11 is 0. The van der Waals surface area contributed by atoms with Gasteiger partial charge in [0.25, 0.3) is 0 Å². The minimum Gasteiger partial charge on any atom is -0.317 e. The molecule has 1 heteroatoms. The van der Waals surface area contributed by atoms with Gasteiger partial charge in [-0.1, -0.05) is 85.0 Å². The summed E-state index contributed by atoms with van der Waals surface area (Å²) in [5, 5.41) is 3.64. The van der Waals surface area contributed by atoms with E-state index in [9.17, 15) is 0 Å². The summed E-state index contributed by atoms with van der Waals surface area (Å²) in [6, 6.07) is 0. The molecule has 1 N–H and O–H groups in total. The number of hydrogen-bond acceptors (Lipinski definition) is 1. The van der Waals surface area contributed by atoms with Gasteiger partial charge in [0.15, 0.2) is 0 Å². The van der Waals surface area contributed by atoms with Gasteiger partial charge in [-0.2, -0.15) is 0 Å². The molecule has 0 radical (unpaired) electrons. The smallest absolute Gasteiger partial charge is 0.00461 e. The van der Waals surface area contributed by atoms with Crippen LogP contribution in [0.15, 0.2) is 0 Å².